The quantitative estimate of drug-likeness (QED) is 0.359. The maximum absolute atomic E-state index is 11.3. The van der Waals surface area contributed by atoms with E-state index in [0.29, 0.717) is 11.3 Å². The zero-order valence-electron chi connectivity index (χ0n) is 16.0. The highest BCUT2D eigenvalue weighted by molar-refractivity contribution is 5.88. The summed E-state index contributed by atoms with van der Waals surface area (Å²) in [5, 5.41) is 38.2. The van der Waals surface area contributed by atoms with Crippen LogP contribution in [0, 0.1) is 10.1 Å². The number of phenols is 1. The minimum Gasteiger partial charge on any atom is -0.508 e. The van der Waals surface area contributed by atoms with E-state index >= 15 is 0 Å². The molecule has 3 aromatic carbocycles. The number of carboxylic acid groups (broad SMARTS) is 1. The number of phenolic OH excluding ortho intramolecular Hbond substituents is 1. The van der Waals surface area contributed by atoms with Gasteiger partial charge in [-0.3, -0.25) is 10.1 Å². The van der Waals surface area contributed by atoms with E-state index in [-0.39, 0.29) is 23.5 Å². The minimum absolute atomic E-state index is 0.0740. The molecule has 4 aromatic rings. The van der Waals surface area contributed by atoms with Crippen LogP contribution < -0.4 is 0 Å². The lowest BCUT2D eigenvalue weighted by atomic mass is 10.0. The summed E-state index contributed by atoms with van der Waals surface area (Å²) < 4.78 is 1.46. The summed E-state index contributed by atoms with van der Waals surface area (Å²) >= 11 is 0. The molecule has 0 amide bonds. The number of aromatic hydroxyl groups is 1. The average Bonchev–Trinajstić information content (AvgIpc) is 3.22. The zero-order chi connectivity index (χ0) is 22.0. The van der Waals surface area contributed by atoms with Gasteiger partial charge in [0.25, 0.3) is 5.69 Å². The second-order valence-corrected chi connectivity index (χ2v) is 6.83. The van der Waals surface area contributed by atoms with Gasteiger partial charge in [0, 0.05) is 11.6 Å². The van der Waals surface area contributed by atoms with Crippen molar-refractivity contribution in [2.75, 3.05) is 0 Å². The van der Waals surface area contributed by atoms with Crippen LogP contribution in [0.4, 0.5) is 5.69 Å². The molecule has 2 N–H and O–H groups in total. The Morgan fingerprint density at radius 3 is 2.42 bits per heavy atom. The summed E-state index contributed by atoms with van der Waals surface area (Å²) in [5.74, 6) is -1.04. The molecular weight excluding hydrogens is 400 g/mol. The Bertz CT molecular complexity index is 1280. The summed E-state index contributed by atoms with van der Waals surface area (Å²) in [5.41, 5.74) is 3.10. The lowest BCUT2D eigenvalue weighted by Crippen LogP contribution is -2.06. The second-order valence-electron chi connectivity index (χ2n) is 6.83. The van der Waals surface area contributed by atoms with Crippen molar-refractivity contribution in [1.82, 2.24) is 15.0 Å². The number of rotatable bonds is 6. The van der Waals surface area contributed by atoms with Crippen LogP contribution in [0.3, 0.4) is 0 Å². The van der Waals surface area contributed by atoms with Crippen molar-refractivity contribution in [2.45, 2.75) is 6.54 Å². The number of carboxylic acids is 1. The summed E-state index contributed by atoms with van der Waals surface area (Å²) in [6.45, 7) is 0.0740. The van der Waals surface area contributed by atoms with Crippen LogP contribution in [0.15, 0.2) is 72.9 Å². The fourth-order valence-corrected chi connectivity index (χ4v) is 3.20. The van der Waals surface area contributed by atoms with Gasteiger partial charge in [0.1, 0.15) is 11.4 Å². The first-order chi connectivity index (χ1) is 14.9. The van der Waals surface area contributed by atoms with Crippen molar-refractivity contribution < 1.29 is 19.9 Å². The predicted molar refractivity (Wildman–Crippen MR) is 112 cm³/mol. The molecule has 0 aliphatic rings. The molecule has 1 heterocycles. The third-order valence-corrected chi connectivity index (χ3v) is 4.76. The second kappa shape index (κ2) is 8.07. The molecule has 4 rings (SSSR count). The van der Waals surface area contributed by atoms with E-state index in [9.17, 15) is 20.0 Å². The molecule has 1 aromatic heterocycles. The fraction of sp³-hybridized carbons (Fsp3) is 0.0455. The van der Waals surface area contributed by atoms with Gasteiger partial charge in [-0.25, -0.2) is 9.48 Å². The van der Waals surface area contributed by atoms with Crippen LogP contribution in [-0.2, 0) is 6.54 Å². The Balaban J connectivity index is 1.56. The molecule has 0 saturated carbocycles. The number of aromatic carboxylic acids is 1. The van der Waals surface area contributed by atoms with Gasteiger partial charge in [-0.15, -0.1) is 5.10 Å². The number of hydrogen-bond donors (Lipinski definition) is 2. The Labute approximate surface area is 176 Å². The smallest absolute Gasteiger partial charge is 0.335 e. The molecule has 154 valence electrons. The molecule has 0 aliphatic carbocycles. The van der Waals surface area contributed by atoms with Gasteiger partial charge in [-0.1, -0.05) is 41.6 Å². The highest BCUT2D eigenvalue weighted by Gasteiger charge is 2.18. The predicted octanol–water partition coefficient (Wildman–Crippen LogP) is 3.97. The van der Waals surface area contributed by atoms with Crippen LogP contribution >= 0.6 is 0 Å². The van der Waals surface area contributed by atoms with Gasteiger partial charge in [0.05, 0.1) is 28.8 Å². The monoisotopic (exact) mass is 416 g/mol. The van der Waals surface area contributed by atoms with Crippen LogP contribution in [0.2, 0.25) is 0 Å². The van der Waals surface area contributed by atoms with Crippen LogP contribution in [0.5, 0.6) is 5.75 Å². The van der Waals surface area contributed by atoms with Crippen molar-refractivity contribution in [2.24, 2.45) is 0 Å². The molecule has 0 unspecified atom stereocenters. The van der Waals surface area contributed by atoms with Gasteiger partial charge in [0.15, 0.2) is 0 Å². The Morgan fingerprint density at radius 2 is 1.74 bits per heavy atom. The van der Waals surface area contributed by atoms with Crippen LogP contribution in [-0.4, -0.2) is 36.1 Å². The highest BCUT2D eigenvalue weighted by Crippen LogP contribution is 2.26. The number of nitrogens with zero attached hydrogens (tertiary/aromatic N) is 4. The third kappa shape index (κ3) is 4.25. The molecular formula is C22H16N4O5. The van der Waals surface area contributed by atoms with Crippen molar-refractivity contribution >= 4 is 11.7 Å². The first-order valence-electron chi connectivity index (χ1n) is 9.21. The number of hydrogen-bond acceptors (Lipinski definition) is 6. The molecule has 0 fully saturated rings. The highest BCUT2D eigenvalue weighted by atomic mass is 16.6. The summed E-state index contributed by atoms with van der Waals surface area (Å²) in [6.07, 6.45) is 1.66. The van der Waals surface area contributed by atoms with Crippen molar-refractivity contribution in [3.63, 3.8) is 0 Å². The van der Waals surface area contributed by atoms with Crippen molar-refractivity contribution in [1.29, 1.82) is 0 Å². The van der Waals surface area contributed by atoms with Gasteiger partial charge < -0.3 is 10.2 Å². The maximum Gasteiger partial charge on any atom is 0.335 e. The normalized spacial score (nSPS) is 10.7. The number of aromatic nitrogens is 3. The SMILES string of the molecule is O=C(O)c1ccc(Cn2cc(-c3ccc(-c4cccc(O)c4)cc3)nn2)c([N+](=O)[O-])c1. The van der Waals surface area contributed by atoms with E-state index in [1.165, 1.54) is 16.8 Å². The fourth-order valence-electron chi connectivity index (χ4n) is 3.20. The Hall–Kier alpha value is -4.53. The van der Waals surface area contributed by atoms with E-state index in [0.717, 1.165) is 22.8 Å². The molecule has 0 aliphatic heterocycles. The minimum atomic E-state index is -1.23. The van der Waals surface area contributed by atoms with E-state index in [2.05, 4.69) is 10.3 Å². The third-order valence-electron chi connectivity index (χ3n) is 4.76. The Kier molecular flexibility index (Phi) is 5.15. The van der Waals surface area contributed by atoms with Gasteiger partial charge >= 0.3 is 5.97 Å². The average molecular weight is 416 g/mol. The van der Waals surface area contributed by atoms with E-state index < -0.39 is 10.9 Å². The topological polar surface area (TPSA) is 131 Å². The van der Waals surface area contributed by atoms with Gasteiger partial charge in [-0.05, 0) is 35.4 Å². The lowest BCUT2D eigenvalue weighted by Gasteiger charge is -2.04. The first-order valence-corrected chi connectivity index (χ1v) is 9.21. The number of nitro groups is 1. The summed E-state index contributed by atoms with van der Waals surface area (Å²) in [4.78, 5) is 21.8. The molecule has 0 saturated heterocycles. The largest absolute Gasteiger partial charge is 0.508 e. The number of carbonyl (C=O) groups is 1. The van der Waals surface area contributed by atoms with Crippen molar-refractivity contribution in [3.8, 4) is 28.1 Å². The van der Waals surface area contributed by atoms with E-state index in [1.807, 2.05) is 30.3 Å². The number of nitro benzene ring substituents is 1. The summed E-state index contributed by atoms with van der Waals surface area (Å²) in [7, 11) is 0. The standard InChI is InChI=1S/C22H16N4O5/c27-19-3-1-2-16(10-19)14-4-6-15(7-5-14)20-13-25(24-23-20)12-18-9-8-17(22(28)29)11-21(18)26(30)31/h1-11,13,27H,12H2,(H,28,29). The Morgan fingerprint density at radius 1 is 1.00 bits per heavy atom. The molecule has 9 nitrogen and oxygen atoms in total. The molecule has 0 atom stereocenters. The van der Waals surface area contributed by atoms with Crippen LogP contribution in [0.1, 0.15) is 15.9 Å². The molecule has 31 heavy (non-hydrogen) atoms. The van der Waals surface area contributed by atoms with Crippen molar-refractivity contribution in [3.05, 3.63) is 94.2 Å². The van der Waals surface area contributed by atoms with Gasteiger partial charge in [-0.2, -0.15) is 0 Å². The van der Waals surface area contributed by atoms with Crippen LogP contribution in [0.25, 0.3) is 22.4 Å². The molecule has 9 heteroatoms. The zero-order valence-corrected chi connectivity index (χ0v) is 16.0. The molecule has 0 spiro atoms. The molecule has 0 bridgehead atoms. The number of benzene rings is 3. The van der Waals surface area contributed by atoms with Gasteiger partial charge in [0.2, 0.25) is 0 Å². The maximum atomic E-state index is 11.3. The lowest BCUT2D eigenvalue weighted by molar-refractivity contribution is -0.385. The van der Waals surface area contributed by atoms with E-state index in [1.54, 1.807) is 24.4 Å². The van der Waals surface area contributed by atoms with E-state index in [4.69, 9.17) is 5.11 Å². The summed E-state index contributed by atoms with van der Waals surface area (Å²) in [6, 6.07) is 18.3. The molecule has 0 radical (unpaired) electrons. The first kappa shape index (κ1) is 19.8.